The van der Waals surface area contributed by atoms with Gasteiger partial charge in [-0.3, -0.25) is 29.8 Å². The van der Waals surface area contributed by atoms with Crippen LogP contribution in [0.5, 0.6) is 11.5 Å². The van der Waals surface area contributed by atoms with E-state index >= 15 is 0 Å². The van der Waals surface area contributed by atoms with Gasteiger partial charge in [0, 0.05) is 12.1 Å². The van der Waals surface area contributed by atoms with Crippen molar-refractivity contribution in [2.45, 2.75) is 6.42 Å². The van der Waals surface area contributed by atoms with Gasteiger partial charge in [-0.25, -0.2) is 4.79 Å². The quantitative estimate of drug-likeness (QED) is 0.0675. The number of hydrogen-bond donors (Lipinski definition) is 4. The predicted octanol–water partition coefficient (Wildman–Crippen LogP) is 5.35. The highest BCUT2D eigenvalue weighted by Gasteiger charge is 2.16. The van der Waals surface area contributed by atoms with Crippen LogP contribution in [0.25, 0.3) is 11.6 Å². The maximum atomic E-state index is 11.4. The van der Waals surface area contributed by atoms with Crippen molar-refractivity contribution in [1.82, 2.24) is 0 Å². The summed E-state index contributed by atoms with van der Waals surface area (Å²) >= 11 is 0. The minimum absolute atomic E-state index is 0.0472. The number of carboxylic acid groups (broad SMARTS) is 2. The van der Waals surface area contributed by atoms with E-state index in [0.29, 0.717) is 11.8 Å². The van der Waals surface area contributed by atoms with Crippen LogP contribution in [0.15, 0.2) is 97.1 Å². The van der Waals surface area contributed by atoms with E-state index in [4.69, 9.17) is 10.2 Å². The van der Waals surface area contributed by atoms with Gasteiger partial charge in [0.05, 0.1) is 33.0 Å². The van der Waals surface area contributed by atoms with Crippen LogP contribution in [-0.4, -0.2) is 48.5 Å². The zero-order valence-corrected chi connectivity index (χ0v) is 22.1. The van der Waals surface area contributed by atoms with Gasteiger partial charge in [0.1, 0.15) is 11.5 Å². The number of rotatable bonds is 8. The topological polar surface area (TPSA) is 218 Å². The van der Waals surface area contributed by atoms with Crippen LogP contribution < -0.4 is 0 Å². The van der Waals surface area contributed by atoms with Gasteiger partial charge < -0.3 is 20.4 Å². The molecule has 0 bridgehead atoms. The first-order valence-corrected chi connectivity index (χ1v) is 12.1. The number of hydrogen-bond acceptors (Lipinski definition) is 9. The molecule has 0 radical (unpaired) electrons. The average molecular weight is 589 g/mol. The molecule has 0 aliphatic carbocycles. The number of aromatic hydroxyl groups is 2. The van der Waals surface area contributed by atoms with E-state index < -0.39 is 21.8 Å². The minimum Gasteiger partial charge on any atom is -0.508 e. The Morgan fingerprint density at radius 1 is 0.698 bits per heavy atom. The third kappa shape index (κ3) is 10.6. The van der Waals surface area contributed by atoms with Crippen molar-refractivity contribution in [3.63, 3.8) is 0 Å². The van der Waals surface area contributed by atoms with Crippen molar-refractivity contribution in [1.29, 1.82) is 0 Å². The molecule has 43 heavy (non-hydrogen) atoms. The standard InChI is InChI=1S/C15H11NO5.C8H8O3.C7H5NO3/c17-12-6-3-5-10(8-12)13(15(18)19)9-11-4-1-2-7-14(11)16(20)21;9-7-3-1-2-6(4-7)5-8(10)11;9-5-6-3-1-2-4-7(6)8(10)11/h1-9,17H,(H,18,19);1-4,9H,5H2,(H,10,11);1-5H/b13-9+;;. The zero-order chi connectivity index (χ0) is 31.9. The van der Waals surface area contributed by atoms with Gasteiger partial charge in [-0.05, 0) is 53.6 Å². The molecule has 4 rings (SSSR count). The second-order valence-electron chi connectivity index (χ2n) is 8.40. The highest BCUT2D eigenvalue weighted by atomic mass is 16.6. The molecule has 0 aliphatic rings. The number of benzene rings is 4. The fraction of sp³-hybridized carbons (Fsp3) is 0.0333. The van der Waals surface area contributed by atoms with Crippen LogP contribution in [0.1, 0.15) is 27.0 Å². The minimum atomic E-state index is -1.24. The Balaban J connectivity index is 0.000000247. The van der Waals surface area contributed by atoms with Gasteiger partial charge in [-0.2, -0.15) is 0 Å². The lowest BCUT2D eigenvalue weighted by Gasteiger charge is -2.04. The predicted molar refractivity (Wildman–Crippen MR) is 155 cm³/mol. The lowest BCUT2D eigenvalue weighted by Crippen LogP contribution is -2.00. The second kappa shape index (κ2) is 16.0. The van der Waals surface area contributed by atoms with Gasteiger partial charge in [-0.1, -0.05) is 48.5 Å². The molecular weight excluding hydrogens is 564 g/mol. The summed E-state index contributed by atoms with van der Waals surface area (Å²) in [6, 6.07) is 23.6. The Morgan fingerprint density at radius 3 is 1.67 bits per heavy atom. The Kier molecular flexibility index (Phi) is 12.2. The molecule has 0 spiro atoms. The van der Waals surface area contributed by atoms with Crippen LogP contribution >= 0.6 is 0 Å². The molecule has 0 saturated heterocycles. The Hall–Kier alpha value is -6.37. The smallest absolute Gasteiger partial charge is 0.336 e. The van der Waals surface area contributed by atoms with Gasteiger partial charge in [0.15, 0.2) is 6.29 Å². The van der Waals surface area contributed by atoms with E-state index in [9.17, 15) is 44.8 Å². The number of para-hydroxylation sites is 2. The second-order valence-corrected chi connectivity index (χ2v) is 8.40. The van der Waals surface area contributed by atoms with E-state index in [-0.39, 0.29) is 51.6 Å². The lowest BCUT2D eigenvalue weighted by atomic mass is 10.0. The first kappa shape index (κ1) is 32.8. The van der Waals surface area contributed by atoms with Crippen LogP contribution in [0, 0.1) is 20.2 Å². The number of phenolic OH excluding ortho intramolecular Hbond substituents is 2. The van der Waals surface area contributed by atoms with Crippen molar-refractivity contribution >= 4 is 41.2 Å². The molecule has 0 unspecified atom stereocenters. The summed E-state index contributed by atoms with van der Waals surface area (Å²) in [5.41, 5.74) is 0.693. The molecule has 4 aromatic carbocycles. The maximum absolute atomic E-state index is 11.4. The average Bonchev–Trinajstić information content (AvgIpc) is 2.96. The molecule has 0 atom stereocenters. The fourth-order valence-corrected chi connectivity index (χ4v) is 3.47. The van der Waals surface area contributed by atoms with Crippen LogP contribution in [0.4, 0.5) is 11.4 Å². The Morgan fingerprint density at radius 2 is 1.21 bits per heavy atom. The highest BCUT2D eigenvalue weighted by Crippen LogP contribution is 2.26. The molecule has 0 aliphatic heterocycles. The Labute approximate surface area is 243 Å². The summed E-state index contributed by atoms with van der Waals surface area (Å²) in [5, 5.41) is 57.2. The van der Waals surface area contributed by atoms with Gasteiger partial charge in [0.2, 0.25) is 0 Å². The highest BCUT2D eigenvalue weighted by molar-refractivity contribution is 6.21. The number of carbonyl (C=O) groups excluding carboxylic acids is 1. The van der Waals surface area contributed by atoms with Crippen LogP contribution in [0.2, 0.25) is 0 Å². The van der Waals surface area contributed by atoms with E-state index in [1.807, 2.05) is 0 Å². The largest absolute Gasteiger partial charge is 0.508 e. The third-order valence-corrected chi connectivity index (χ3v) is 5.35. The van der Waals surface area contributed by atoms with Crippen LogP contribution in [0.3, 0.4) is 0 Å². The lowest BCUT2D eigenvalue weighted by molar-refractivity contribution is -0.385. The summed E-state index contributed by atoms with van der Waals surface area (Å²) in [4.78, 5) is 51.8. The summed E-state index contributed by atoms with van der Waals surface area (Å²) in [5.74, 6) is -2.11. The summed E-state index contributed by atoms with van der Waals surface area (Å²) in [6.07, 6.45) is 1.64. The normalized spacial score (nSPS) is 10.2. The number of aliphatic carboxylic acids is 2. The number of carboxylic acids is 2. The van der Waals surface area contributed by atoms with Crippen molar-refractivity contribution in [3.8, 4) is 11.5 Å². The number of carbonyl (C=O) groups is 3. The number of nitro benzene ring substituents is 2. The van der Waals surface area contributed by atoms with Crippen molar-refractivity contribution in [3.05, 3.63) is 140 Å². The third-order valence-electron chi connectivity index (χ3n) is 5.35. The molecular formula is C30H24N2O11. The molecule has 0 saturated carbocycles. The molecule has 13 nitrogen and oxygen atoms in total. The van der Waals surface area contributed by atoms with E-state index in [0.717, 1.165) is 0 Å². The number of nitro groups is 2. The molecule has 0 amide bonds. The van der Waals surface area contributed by atoms with Crippen molar-refractivity contribution in [2.75, 3.05) is 0 Å². The SMILES string of the molecule is O=C(O)/C(=C/c1ccccc1[N+](=O)[O-])c1cccc(O)c1.O=C(O)Cc1cccc(O)c1.O=Cc1ccccc1[N+](=O)[O-]. The van der Waals surface area contributed by atoms with Crippen LogP contribution in [-0.2, 0) is 16.0 Å². The number of phenols is 2. The molecule has 4 N–H and O–H groups in total. The molecule has 220 valence electrons. The first-order chi connectivity index (χ1) is 20.4. The van der Waals surface area contributed by atoms with E-state index in [1.165, 1.54) is 78.9 Å². The molecule has 0 aromatic heterocycles. The first-order valence-electron chi connectivity index (χ1n) is 12.1. The monoisotopic (exact) mass is 588 g/mol. The maximum Gasteiger partial charge on any atom is 0.336 e. The number of nitrogens with zero attached hydrogens (tertiary/aromatic N) is 2. The molecule has 4 aromatic rings. The van der Waals surface area contributed by atoms with Gasteiger partial charge in [-0.15, -0.1) is 0 Å². The zero-order valence-electron chi connectivity index (χ0n) is 22.1. The molecule has 13 heteroatoms. The number of aldehydes is 1. The fourth-order valence-electron chi connectivity index (χ4n) is 3.47. The van der Waals surface area contributed by atoms with Crippen molar-refractivity contribution in [2.24, 2.45) is 0 Å². The summed E-state index contributed by atoms with van der Waals surface area (Å²) in [6.45, 7) is 0. The summed E-state index contributed by atoms with van der Waals surface area (Å²) < 4.78 is 0. The van der Waals surface area contributed by atoms with Gasteiger partial charge in [0.25, 0.3) is 11.4 Å². The van der Waals surface area contributed by atoms with Gasteiger partial charge >= 0.3 is 11.9 Å². The molecule has 0 heterocycles. The molecule has 0 fully saturated rings. The Bertz CT molecular complexity index is 1670. The van der Waals surface area contributed by atoms with Crippen molar-refractivity contribution < 1.29 is 44.7 Å². The summed E-state index contributed by atoms with van der Waals surface area (Å²) in [7, 11) is 0. The van der Waals surface area contributed by atoms with E-state index in [1.54, 1.807) is 24.3 Å². The van der Waals surface area contributed by atoms with E-state index in [2.05, 4.69) is 0 Å².